The fraction of sp³-hybridized carbons (Fsp3) is 0.190. The van der Waals surface area contributed by atoms with E-state index in [-0.39, 0.29) is 6.15 Å². The average Bonchev–Trinajstić information content (AvgIpc) is 3.08. The van der Waals surface area contributed by atoms with Crippen LogP contribution in [0.3, 0.4) is 0 Å². The van der Waals surface area contributed by atoms with Crippen LogP contribution in [-0.2, 0) is 6.54 Å². The van der Waals surface area contributed by atoms with E-state index in [1.807, 2.05) is 36.0 Å². The van der Waals surface area contributed by atoms with Crippen molar-refractivity contribution in [2.24, 2.45) is 5.73 Å². The Morgan fingerprint density at radius 2 is 2.00 bits per heavy atom. The fourth-order valence-corrected chi connectivity index (χ4v) is 3.57. The molecule has 4 rings (SSSR count). The summed E-state index contributed by atoms with van der Waals surface area (Å²) in [7, 11) is 0. The number of fused-ring (bicyclic) bond motifs is 1. The van der Waals surface area contributed by atoms with Crippen LogP contribution in [-0.4, -0.2) is 22.9 Å². The van der Waals surface area contributed by atoms with Gasteiger partial charge in [-0.05, 0) is 48.9 Å². The second-order valence-corrected chi connectivity index (χ2v) is 7.10. The summed E-state index contributed by atoms with van der Waals surface area (Å²) >= 11 is 6.09. The number of nitrogens with two attached hydrogens (primary N) is 1. The fourth-order valence-electron chi connectivity index (χ4n) is 3.44. The Bertz CT molecular complexity index is 959. The molecule has 1 aromatic heterocycles. The molecule has 1 aliphatic rings. The number of anilines is 2. The van der Waals surface area contributed by atoms with Gasteiger partial charge in [0.15, 0.2) is 0 Å². The molecule has 28 heavy (non-hydrogen) atoms. The van der Waals surface area contributed by atoms with Crippen LogP contribution in [0.15, 0.2) is 66.6 Å². The first-order valence-electron chi connectivity index (χ1n) is 8.96. The van der Waals surface area contributed by atoms with E-state index in [9.17, 15) is 0 Å². The number of benzene rings is 2. The van der Waals surface area contributed by atoms with Gasteiger partial charge in [-0.25, -0.2) is 0 Å². The molecule has 2 aromatic carbocycles. The van der Waals surface area contributed by atoms with E-state index in [0.29, 0.717) is 0 Å². The average molecular weight is 397 g/mol. The van der Waals surface area contributed by atoms with Crippen LogP contribution in [0.5, 0.6) is 0 Å². The molecule has 146 valence electrons. The van der Waals surface area contributed by atoms with Crippen LogP contribution >= 0.6 is 11.6 Å². The van der Waals surface area contributed by atoms with E-state index >= 15 is 0 Å². The van der Waals surface area contributed by atoms with Gasteiger partial charge in [-0.3, -0.25) is 4.68 Å². The molecule has 7 heteroatoms. The molecule has 0 saturated carbocycles. The molecule has 6 nitrogen and oxygen atoms in total. The monoisotopic (exact) mass is 396 g/mol. The van der Waals surface area contributed by atoms with Crippen LogP contribution in [0.1, 0.15) is 18.1 Å². The first-order chi connectivity index (χ1) is 13.1. The maximum atomic E-state index is 6.17. The Kier molecular flexibility index (Phi) is 5.92. The van der Waals surface area contributed by atoms with E-state index in [0.717, 1.165) is 53.0 Å². The molecule has 0 fully saturated rings. The Morgan fingerprint density at radius 1 is 1.21 bits per heavy atom. The van der Waals surface area contributed by atoms with Crippen molar-refractivity contribution in [1.82, 2.24) is 21.2 Å². The molecule has 0 radical (unpaired) electrons. The highest BCUT2D eigenvalue weighted by molar-refractivity contribution is 6.30. The van der Waals surface area contributed by atoms with Gasteiger partial charge in [0.25, 0.3) is 0 Å². The van der Waals surface area contributed by atoms with Gasteiger partial charge in [0, 0.05) is 47.5 Å². The maximum absolute atomic E-state index is 6.17. The minimum atomic E-state index is 0. The lowest BCUT2D eigenvalue weighted by atomic mass is 10.0. The van der Waals surface area contributed by atoms with Gasteiger partial charge in [-0.2, -0.15) is 5.10 Å². The van der Waals surface area contributed by atoms with Crippen LogP contribution in [0, 0.1) is 0 Å². The summed E-state index contributed by atoms with van der Waals surface area (Å²) in [6.07, 6.45) is 3.77. The molecule has 0 amide bonds. The van der Waals surface area contributed by atoms with Gasteiger partial charge in [-0.1, -0.05) is 23.7 Å². The minimum Gasteiger partial charge on any atom is -0.401 e. The lowest BCUT2D eigenvalue weighted by Crippen LogP contribution is -2.24. The van der Waals surface area contributed by atoms with E-state index in [1.165, 1.54) is 5.56 Å². The number of nitrogens with one attached hydrogen (secondary N) is 1. The van der Waals surface area contributed by atoms with Crippen molar-refractivity contribution in [1.29, 1.82) is 0 Å². The number of allylic oxidation sites excluding steroid dienone is 1. The van der Waals surface area contributed by atoms with Crippen LogP contribution in [0.25, 0.3) is 5.70 Å². The van der Waals surface area contributed by atoms with Gasteiger partial charge in [0.1, 0.15) is 0 Å². The molecule has 1 aliphatic heterocycles. The number of aromatic nitrogens is 2. The van der Waals surface area contributed by atoms with Gasteiger partial charge in [-0.15, -0.1) is 0 Å². The topological polar surface area (TPSA) is 94.1 Å². The van der Waals surface area contributed by atoms with Crippen LogP contribution < -0.4 is 22.1 Å². The predicted molar refractivity (Wildman–Crippen MR) is 116 cm³/mol. The third-order valence-corrected chi connectivity index (χ3v) is 4.95. The van der Waals surface area contributed by atoms with Gasteiger partial charge >= 0.3 is 0 Å². The standard InChI is InChI=1S/C21H22ClN5.H3N/c1-15(23)21-19-8-3-16(14-26-11-2-9-25-26)13-20(19)27(12-10-24-21)18-6-4-17(22)5-7-18;/h2-9,11,13,24H,10,12,14,23H2,1H3;1H3/b21-15-;. The zero-order valence-corrected chi connectivity index (χ0v) is 16.7. The Balaban J connectivity index is 0.00000225. The van der Waals surface area contributed by atoms with E-state index in [1.54, 1.807) is 6.20 Å². The molecule has 0 spiro atoms. The molecule has 0 bridgehead atoms. The summed E-state index contributed by atoms with van der Waals surface area (Å²) in [6, 6.07) is 16.4. The number of rotatable bonds is 3. The molecule has 0 atom stereocenters. The number of hydrogen-bond donors (Lipinski definition) is 3. The third kappa shape index (κ3) is 3.98. The lowest BCUT2D eigenvalue weighted by Gasteiger charge is -2.25. The van der Waals surface area contributed by atoms with Gasteiger partial charge in [0.05, 0.1) is 17.9 Å². The minimum absolute atomic E-state index is 0. The summed E-state index contributed by atoms with van der Waals surface area (Å²) in [5.74, 6) is 0. The molecular weight excluding hydrogens is 372 g/mol. The zero-order valence-electron chi connectivity index (χ0n) is 15.9. The SMILES string of the molecule is C/C(N)=C1/NCCN(c2ccc(Cl)cc2)c2cc(Cn3cccn3)ccc21.N. The van der Waals surface area contributed by atoms with Crippen LogP contribution in [0.4, 0.5) is 11.4 Å². The Morgan fingerprint density at radius 3 is 2.68 bits per heavy atom. The second-order valence-electron chi connectivity index (χ2n) is 6.67. The molecular formula is C21H25ClN6. The van der Waals surface area contributed by atoms with Gasteiger partial charge in [0.2, 0.25) is 0 Å². The van der Waals surface area contributed by atoms with Crippen molar-refractivity contribution in [3.05, 3.63) is 82.8 Å². The normalized spacial score (nSPS) is 15.1. The zero-order chi connectivity index (χ0) is 18.8. The molecule has 0 saturated heterocycles. The molecule has 2 heterocycles. The van der Waals surface area contributed by atoms with Crippen molar-refractivity contribution >= 4 is 28.7 Å². The Labute approximate surface area is 170 Å². The predicted octanol–water partition coefficient (Wildman–Crippen LogP) is 4.14. The first kappa shape index (κ1) is 19.8. The van der Waals surface area contributed by atoms with Crippen molar-refractivity contribution in [3.63, 3.8) is 0 Å². The third-order valence-electron chi connectivity index (χ3n) is 4.70. The molecule has 0 aliphatic carbocycles. The summed E-state index contributed by atoms with van der Waals surface area (Å²) < 4.78 is 1.92. The summed E-state index contributed by atoms with van der Waals surface area (Å²) in [4.78, 5) is 2.31. The highest BCUT2D eigenvalue weighted by Gasteiger charge is 2.21. The number of hydrogen-bond acceptors (Lipinski definition) is 5. The van der Waals surface area contributed by atoms with Gasteiger partial charge < -0.3 is 22.1 Å². The van der Waals surface area contributed by atoms with Crippen molar-refractivity contribution in [2.45, 2.75) is 13.5 Å². The second kappa shape index (κ2) is 8.37. The highest BCUT2D eigenvalue weighted by Crippen LogP contribution is 2.35. The number of halogens is 1. The molecule has 0 unspecified atom stereocenters. The molecule has 6 N–H and O–H groups in total. The number of nitrogens with zero attached hydrogens (tertiary/aromatic N) is 3. The molecule has 3 aromatic rings. The first-order valence-corrected chi connectivity index (χ1v) is 9.33. The van der Waals surface area contributed by atoms with Crippen molar-refractivity contribution in [3.8, 4) is 0 Å². The van der Waals surface area contributed by atoms with Crippen molar-refractivity contribution < 1.29 is 0 Å². The van der Waals surface area contributed by atoms with Crippen molar-refractivity contribution in [2.75, 3.05) is 18.0 Å². The van der Waals surface area contributed by atoms with E-state index < -0.39 is 0 Å². The lowest BCUT2D eigenvalue weighted by molar-refractivity contribution is 0.687. The summed E-state index contributed by atoms with van der Waals surface area (Å²) in [5.41, 5.74) is 12.5. The van der Waals surface area contributed by atoms with E-state index in [2.05, 4.69) is 45.6 Å². The quantitative estimate of drug-likeness (QED) is 0.618. The summed E-state index contributed by atoms with van der Waals surface area (Å²) in [6.45, 7) is 4.29. The van der Waals surface area contributed by atoms with E-state index in [4.69, 9.17) is 17.3 Å². The van der Waals surface area contributed by atoms with Crippen LogP contribution in [0.2, 0.25) is 5.02 Å². The largest absolute Gasteiger partial charge is 0.401 e. The highest BCUT2D eigenvalue weighted by atomic mass is 35.5. The summed E-state index contributed by atoms with van der Waals surface area (Å²) in [5, 5.41) is 8.54. The Hall–Kier alpha value is -2.96. The smallest absolute Gasteiger partial charge is 0.0660 e. The maximum Gasteiger partial charge on any atom is 0.0660 e.